The van der Waals surface area contributed by atoms with Gasteiger partial charge in [0.05, 0.1) is 5.60 Å². The van der Waals surface area contributed by atoms with E-state index in [1.54, 1.807) is 20.8 Å². The maximum atomic E-state index is 13.0. The van der Waals surface area contributed by atoms with E-state index in [0.29, 0.717) is 17.2 Å². The molecule has 1 aromatic carbocycles. The largest absolute Gasteiger partial charge is 0.449 e. The fraction of sp³-hybridized carbons (Fsp3) is 0.522. The van der Waals surface area contributed by atoms with Crippen LogP contribution in [0.15, 0.2) is 27.7 Å². The van der Waals surface area contributed by atoms with Crippen LogP contribution in [-0.4, -0.2) is 15.3 Å². The number of carbonyl (C=O) groups excluding carboxylic acids is 1. The average molecular weight is 446 g/mol. The molecule has 2 amide bonds. The third-order valence-electron chi connectivity index (χ3n) is 6.42. The van der Waals surface area contributed by atoms with E-state index in [4.69, 9.17) is 9.20 Å². The summed E-state index contributed by atoms with van der Waals surface area (Å²) in [6, 6.07) is 4.96. The van der Waals surface area contributed by atoms with Gasteiger partial charge in [-0.3, -0.25) is 0 Å². The van der Waals surface area contributed by atoms with Crippen molar-refractivity contribution >= 4 is 21.6 Å². The molecule has 7 nitrogen and oxygen atoms in total. The molecule has 0 bridgehead atoms. The Hall–Kier alpha value is -2.32. The van der Waals surface area contributed by atoms with Crippen LogP contribution >= 0.6 is 0 Å². The number of nitrogens with one attached hydrogen (secondary N) is 3. The highest BCUT2D eigenvalue weighted by Gasteiger charge is 2.28. The highest BCUT2D eigenvalue weighted by Crippen LogP contribution is 2.37. The average Bonchev–Trinajstić information content (AvgIpc) is 3.25. The first-order valence-electron chi connectivity index (χ1n) is 10.9. The Labute approximate surface area is 183 Å². The fourth-order valence-corrected chi connectivity index (χ4v) is 5.51. The van der Waals surface area contributed by atoms with Gasteiger partial charge in [0, 0.05) is 17.3 Å². The van der Waals surface area contributed by atoms with Gasteiger partial charge in [-0.25, -0.2) is 18.5 Å². The van der Waals surface area contributed by atoms with Gasteiger partial charge >= 0.3 is 6.03 Å². The second-order valence-corrected chi connectivity index (χ2v) is 11.0. The fourth-order valence-electron chi connectivity index (χ4n) is 4.57. The van der Waals surface area contributed by atoms with Gasteiger partial charge in [0.15, 0.2) is 9.92 Å². The van der Waals surface area contributed by atoms with E-state index in [0.717, 1.165) is 42.5 Å². The number of urea groups is 1. The zero-order valence-electron chi connectivity index (χ0n) is 18.3. The van der Waals surface area contributed by atoms with Crippen molar-refractivity contribution in [3.05, 3.63) is 46.2 Å². The first-order valence-corrected chi connectivity index (χ1v) is 12.4. The summed E-state index contributed by atoms with van der Waals surface area (Å²) in [7, 11) is -3.72. The van der Waals surface area contributed by atoms with E-state index in [-0.39, 0.29) is 5.09 Å². The van der Waals surface area contributed by atoms with Crippen molar-refractivity contribution in [2.24, 2.45) is 5.92 Å². The molecule has 0 unspecified atom stereocenters. The van der Waals surface area contributed by atoms with Gasteiger partial charge in [0.1, 0.15) is 5.76 Å². The third-order valence-corrected chi connectivity index (χ3v) is 7.66. The minimum absolute atomic E-state index is 0.176. The van der Waals surface area contributed by atoms with Gasteiger partial charge in [-0.1, -0.05) is 31.4 Å². The van der Waals surface area contributed by atoms with Crippen LogP contribution < -0.4 is 10.0 Å². The van der Waals surface area contributed by atoms with Crippen LogP contribution in [0.25, 0.3) is 0 Å². The lowest BCUT2D eigenvalue weighted by molar-refractivity contribution is 0.0769. The number of aliphatic hydroxyl groups is 1. The topological polar surface area (TPSA) is 115 Å². The monoisotopic (exact) mass is 445 g/mol. The summed E-state index contributed by atoms with van der Waals surface area (Å²) in [5.74, 6) is 1.02. The molecule has 0 aliphatic heterocycles. The van der Waals surface area contributed by atoms with Gasteiger partial charge in [-0.05, 0) is 69.1 Å². The van der Waals surface area contributed by atoms with Crippen molar-refractivity contribution in [2.45, 2.75) is 76.4 Å². The van der Waals surface area contributed by atoms with Crippen molar-refractivity contribution in [3.8, 4) is 0 Å². The standard InChI is InChI=1S/C23H31N3O4S/c1-14-19(23(2,3)28)13-20(30-14)31(24,29)26-22(27)25-21-17(12-15-6-4-7-15)11-10-16-8-5-9-18(16)21/h10-11,13,15,28H,4-9,12H2,1-3H3,(H3,24,25,26,27,29)/t31-/m1/s1. The number of carbonyl (C=O) groups is 1. The summed E-state index contributed by atoms with van der Waals surface area (Å²) in [4.78, 5) is 12.8. The smallest absolute Gasteiger partial charge is 0.332 e. The molecule has 1 aromatic heterocycles. The maximum Gasteiger partial charge on any atom is 0.332 e. The molecule has 1 fully saturated rings. The molecule has 0 radical (unpaired) electrons. The molecule has 4 rings (SSSR count). The Morgan fingerprint density at radius 1 is 1.29 bits per heavy atom. The Kier molecular flexibility index (Phi) is 5.64. The van der Waals surface area contributed by atoms with Crippen molar-refractivity contribution in [1.82, 2.24) is 4.72 Å². The molecular weight excluding hydrogens is 414 g/mol. The normalized spacial score (nSPS) is 18.2. The highest BCUT2D eigenvalue weighted by molar-refractivity contribution is 7.91. The number of hydrogen-bond donors (Lipinski definition) is 4. The lowest BCUT2D eigenvalue weighted by Crippen LogP contribution is -2.34. The molecule has 0 saturated heterocycles. The molecule has 8 heteroatoms. The predicted molar refractivity (Wildman–Crippen MR) is 119 cm³/mol. The summed E-state index contributed by atoms with van der Waals surface area (Å²) in [6.07, 6.45) is 7.57. The van der Waals surface area contributed by atoms with Crippen LogP contribution in [0.5, 0.6) is 0 Å². The molecule has 2 aromatic rings. The maximum absolute atomic E-state index is 13.0. The molecular formula is C23H31N3O4S. The number of fused-ring (bicyclic) bond motifs is 1. The lowest BCUT2D eigenvalue weighted by atomic mass is 9.80. The van der Waals surface area contributed by atoms with E-state index in [1.807, 2.05) is 0 Å². The first-order chi connectivity index (χ1) is 14.5. The number of amides is 2. The molecule has 1 heterocycles. The van der Waals surface area contributed by atoms with E-state index < -0.39 is 21.5 Å². The van der Waals surface area contributed by atoms with Crippen LogP contribution in [0.3, 0.4) is 0 Å². The van der Waals surface area contributed by atoms with Crippen LogP contribution in [0.4, 0.5) is 10.5 Å². The predicted octanol–water partition coefficient (Wildman–Crippen LogP) is 4.79. The highest BCUT2D eigenvalue weighted by atomic mass is 32.2. The van der Waals surface area contributed by atoms with Crippen molar-refractivity contribution in [3.63, 3.8) is 0 Å². The number of rotatable bonds is 6. The molecule has 168 valence electrons. The molecule has 2 aliphatic rings. The summed E-state index contributed by atoms with van der Waals surface area (Å²) in [5, 5.41) is 13.0. The molecule has 2 aliphatic carbocycles. The zero-order chi connectivity index (χ0) is 22.4. The van der Waals surface area contributed by atoms with Crippen LogP contribution in [0.1, 0.15) is 67.5 Å². The molecule has 0 spiro atoms. The molecule has 31 heavy (non-hydrogen) atoms. The number of benzene rings is 1. The third kappa shape index (κ3) is 4.50. The molecule has 1 atom stereocenters. The van der Waals surface area contributed by atoms with Gasteiger partial charge < -0.3 is 14.8 Å². The van der Waals surface area contributed by atoms with Gasteiger partial charge in [-0.15, -0.1) is 0 Å². The lowest BCUT2D eigenvalue weighted by Gasteiger charge is -2.27. The summed E-state index contributed by atoms with van der Waals surface area (Å²) in [5.41, 5.74) is 3.55. The summed E-state index contributed by atoms with van der Waals surface area (Å²) < 4.78 is 28.9. The SMILES string of the molecule is Cc1oc([S@](=N)(=O)NC(=O)Nc2c(CC3CCC3)ccc3c2CCC3)cc1C(C)(C)O. The van der Waals surface area contributed by atoms with E-state index >= 15 is 0 Å². The molecule has 4 N–H and O–H groups in total. The van der Waals surface area contributed by atoms with Crippen LogP contribution in [0, 0.1) is 17.6 Å². The van der Waals surface area contributed by atoms with E-state index in [2.05, 4.69) is 22.2 Å². The number of anilines is 1. The van der Waals surface area contributed by atoms with E-state index in [9.17, 15) is 14.1 Å². The second kappa shape index (κ2) is 7.98. The van der Waals surface area contributed by atoms with Crippen LogP contribution in [0.2, 0.25) is 0 Å². The van der Waals surface area contributed by atoms with Gasteiger partial charge in [0.2, 0.25) is 5.09 Å². The van der Waals surface area contributed by atoms with Crippen molar-refractivity contribution in [2.75, 3.05) is 5.32 Å². The number of furan rings is 1. The Bertz CT molecular complexity index is 1110. The Balaban J connectivity index is 1.55. The quantitative estimate of drug-likeness (QED) is 0.512. The summed E-state index contributed by atoms with van der Waals surface area (Å²) in [6.45, 7) is 4.80. The second-order valence-electron chi connectivity index (χ2n) is 9.30. The van der Waals surface area contributed by atoms with Crippen LogP contribution in [-0.2, 0) is 34.8 Å². The van der Waals surface area contributed by atoms with E-state index in [1.165, 1.54) is 30.9 Å². The Morgan fingerprint density at radius 2 is 2.03 bits per heavy atom. The summed E-state index contributed by atoms with van der Waals surface area (Å²) >= 11 is 0. The van der Waals surface area contributed by atoms with Crippen molar-refractivity contribution < 1.29 is 18.5 Å². The minimum atomic E-state index is -3.72. The number of aryl methyl sites for hydroxylation is 2. The van der Waals surface area contributed by atoms with Gasteiger partial charge in [0.25, 0.3) is 0 Å². The first kappa shape index (κ1) is 21.9. The molecule has 1 saturated carbocycles. The number of hydrogen-bond acceptors (Lipinski definition) is 5. The zero-order valence-corrected chi connectivity index (χ0v) is 19.2. The Morgan fingerprint density at radius 3 is 2.65 bits per heavy atom. The van der Waals surface area contributed by atoms with Gasteiger partial charge in [-0.2, -0.15) is 0 Å². The van der Waals surface area contributed by atoms with Crippen molar-refractivity contribution in [1.29, 1.82) is 4.78 Å². The minimum Gasteiger partial charge on any atom is -0.449 e.